The van der Waals surface area contributed by atoms with Gasteiger partial charge < -0.3 is 15.1 Å². The minimum Gasteiger partial charge on any atom is -0.468 e. The molecule has 134 valence electrons. The number of nitrogens with zero attached hydrogens (tertiary/aromatic N) is 2. The Morgan fingerprint density at radius 1 is 1.42 bits per heavy atom. The first-order valence-electron chi connectivity index (χ1n) is 9.07. The molecule has 0 radical (unpaired) electrons. The van der Waals surface area contributed by atoms with E-state index in [2.05, 4.69) is 32.8 Å². The third-order valence-electron chi connectivity index (χ3n) is 5.20. The molecule has 1 saturated heterocycles. The summed E-state index contributed by atoms with van der Waals surface area (Å²) in [6, 6.07) is 4.89. The van der Waals surface area contributed by atoms with Gasteiger partial charge in [0, 0.05) is 24.9 Å². The van der Waals surface area contributed by atoms with E-state index in [-0.39, 0.29) is 6.04 Å². The van der Waals surface area contributed by atoms with Crippen LogP contribution < -0.4 is 10.6 Å². The van der Waals surface area contributed by atoms with Crippen LogP contribution in [0.15, 0.2) is 27.8 Å². The molecule has 0 amide bonds. The Morgan fingerprint density at radius 3 is 2.88 bits per heavy atom. The maximum atomic E-state index is 5.69. The van der Waals surface area contributed by atoms with E-state index in [1.54, 1.807) is 6.26 Å². The molecule has 2 heterocycles. The fourth-order valence-corrected chi connectivity index (χ4v) is 4.61. The number of thioether (sulfide) groups is 1. The van der Waals surface area contributed by atoms with E-state index in [4.69, 9.17) is 4.42 Å². The molecule has 3 unspecified atom stereocenters. The van der Waals surface area contributed by atoms with Crippen LogP contribution in [-0.2, 0) is 0 Å². The lowest BCUT2D eigenvalue weighted by atomic mass is 10.2. The molecule has 1 aliphatic carbocycles. The molecular weight excluding hydrogens is 320 g/mol. The molecule has 3 atom stereocenters. The van der Waals surface area contributed by atoms with Gasteiger partial charge in [0.2, 0.25) is 0 Å². The molecular formula is C18H30N4OS. The number of hydrogen-bond donors (Lipinski definition) is 2. The fraction of sp³-hybridized carbons (Fsp3) is 0.722. The van der Waals surface area contributed by atoms with Crippen LogP contribution >= 0.6 is 11.8 Å². The number of furan rings is 1. The van der Waals surface area contributed by atoms with Crippen LogP contribution in [0.2, 0.25) is 0 Å². The topological polar surface area (TPSA) is 52.8 Å². The SMILES string of the molecule is CN=C(NCC(c1ccco1)N1CCCC1)NC1CCC(SC)C1. The third-order valence-corrected chi connectivity index (χ3v) is 6.29. The van der Waals surface area contributed by atoms with E-state index < -0.39 is 0 Å². The maximum absolute atomic E-state index is 5.69. The van der Waals surface area contributed by atoms with Crippen molar-refractivity contribution in [3.63, 3.8) is 0 Å². The summed E-state index contributed by atoms with van der Waals surface area (Å²) >= 11 is 1.98. The predicted molar refractivity (Wildman–Crippen MR) is 102 cm³/mol. The quantitative estimate of drug-likeness (QED) is 0.610. The highest BCUT2D eigenvalue weighted by Gasteiger charge is 2.27. The van der Waals surface area contributed by atoms with Crippen LogP contribution in [0.25, 0.3) is 0 Å². The van der Waals surface area contributed by atoms with Crippen LogP contribution in [0.1, 0.15) is 43.9 Å². The maximum Gasteiger partial charge on any atom is 0.191 e. The van der Waals surface area contributed by atoms with Crippen molar-refractivity contribution in [1.29, 1.82) is 0 Å². The summed E-state index contributed by atoms with van der Waals surface area (Å²) in [7, 11) is 1.86. The van der Waals surface area contributed by atoms with Gasteiger partial charge >= 0.3 is 0 Å². The molecule has 2 fully saturated rings. The van der Waals surface area contributed by atoms with Crippen molar-refractivity contribution in [3.05, 3.63) is 24.2 Å². The van der Waals surface area contributed by atoms with Gasteiger partial charge in [-0.3, -0.25) is 9.89 Å². The Labute approximate surface area is 149 Å². The number of guanidine groups is 1. The van der Waals surface area contributed by atoms with Gasteiger partial charge in [-0.2, -0.15) is 11.8 Å². The van der Waals surface area contributed by atoms with Crippen LogP contribution in [0.5, 0.6) is 0 Å². The Kier molecular flexibility index (Phi) is 6.49. The van der Waals surface area contributed by atoms with Crippen LogP contribution in [-0.4, -0.2) is 55.1 Å². The Bertz CT molecular complexity index is 513. The van der Waals surface area contributed by atoms with Crippen molar-refractivity contribution in [2.45, 2.75) is 49.4 Å². The number of likely N-dealkylation sites (tertiary alicyclic amines) is 1. The molecule has 3 rings (SSSR count). The Morgan fingerprint density at radius 2 is 2.25 bits per heavy atom. The molecule has 1 aromatic rings. The van der Waals surface area contributed by atoms with Gasteiger partial charge in [-0.1, -0.05) is 0 Å². The monoisotopic (exact) mass is 350 g/mol. The lowest BCUT2D eigenvalue weighted by Gasteiger charge is -2.27. The van der Waals surface area contributed by atoms with E-state index in [1.807, 2.05) is 24.9 Å². The van der Waals surface area contributed by atoms with Crippen molar-refractivity contribution >= 4 is 17.7 Å². The first kappa shape index (κ1) is 17.7. The second-order valence-electron chi connectivity index (χ2n) is 6.74. The van der Waals surface area contributed by atoms with E-state index in [0.29, 0.717) is 6.04 Å². The van der Waals surface area contributed by atoms with Gasteiger partial charge in [0.15, 0.2) is 5.96 Å². The molecule has 1 saturated carbocycles. The standard InChI is InChI=1S/C18H30N4OS/c1-19-18(21-14-7-8-15(12-14)24-2)20-13-16(17-6-5-11-23-17)22-9-3-4-10-22/h5-6,11,14-16H,3-4,7-10,12-13H2,1-2H3,(H2,19,20,21). The Hall–Kier alpha value is -1.14. The lowest BCUT2D eigenvalue weighted by Crippen LogP contribution is -2.45. The zero-order valence-electron chi connectivity index (χ0n) is 14.8. The van der Waals surface area contributed by atoms with E-state index in [0.717, 1.165) is 36.6 Å². The average molecular weight is 351 g/mol. The summed E-state index contributed by atoms with van der Waals surface area (Å²) < 4.78 is 5.69. The summed E-state index contributed by atoms with van der Waals surface area (Å²) in [5.41, 5.74) is 0. The highest BCUT2D eigenvalue weighted by Crippen LogP contribution is 2.28. The highest BCUT2D eigenvalue weighted by atomic mass is 32.2. The zero-order valence-corrected chi connectivity index (χ0v) is 15.6. The second-order valence-corrected chi connectivity index (χ2v) is 7.88. The lowest BCUT2D eigenvalue weighted by molar-refractivity contribution is 0.215. The summed E-state index contributed by atoms with van der Waals surface area (Å²) in [5.74, 6) is 1.96. The molecule has 1 aromatic heterocycles. The fourth-order valence-electron chi connectivity index (χ4n) is 3.81. The highest BCUT2D eigenvalue weighted by molar-refractivity contribution is 7.99. The van der Waals surface area contributed by atoms with Gasteiger partial charge in [-0.05, 0) is 63.6 Å². The predicted octanol–water partition coefficient (Wildman–Crippen LogP) is 2.87. The van der Waals surface area contributed by atoms with Gasteiger partial charge in [-0.25, -0.2) is 0 Å². The molecule has 24 heavy (non-hydrogen) atoms. The van der Waals surface area contributed by atoms with Crippen LogP contribution in [0.3, 0.4) is 0 Å². The van der Waals surface area contributed by atoms with Crippen LogP contribution in [0, 0.1) is 0 Å². The first-order valence-corrected chi connectivity index (χ1v) is 10.4. The van der Waals surface area contributed by atoms with Gasteiger partial charge in [-0.15, -0.1) is 0 Å². The molecule has 0 spiro atoms. The van der Waals surface area contributed by atoms with Crippen molar-refractivity contribution < 1.29 is 4.42 Å². The summed E-state index contributed by atoms with van der Waals surface area (Å²) in [4.78, 5) is 6.93. The summed E-state index contributed by atoms with van der Waals surface area (Å²) in [6.45, 7) is 3.13. The van der Waals surface area contributed by atoms with E-state index >= 15 is 0 Å². The molecule has 2 N–H and O–H groups in total. The first-order chi connectivity index (χ1) is 11.8. The minimum atomic E-state index is 0.281. The molecule has 5 nitrogen and oxygen atoms in total. The van der Waals surface area contributed by atoms with Crippen molar-refractivity contribution in [1.82, 2.24) is 15.5 Å². The van der Waals surface area contributed by atoms with Gasteiger partial charge in [0.25, 0.3) is 0 Å². The van der Waals surface area contributed by atoms with E-state index in [9.17, 15) is 0 Å². The average Bonchev–Trinajstić information content (AvgIpc) is 3.36. The van der Waals surface area contributed by atoms with Gasteiger partial charge in [0.1, 0.15) is 5.76 Å². The Balaban J connectivity index is 1.54. The summed E-state index contributed by atoms with van der Waals surface area (Å²) in [6.07, 6.45) is 10.3. The smallest absolute Gasteiger partial charge is 0.191 e. The van der Waals surface area contributed by atoms with Crippen molar-refractivity contribution in [3.8, 4) is 0 Å². The molecule has 0 aromatic carbocycles. The number of rotatable bonds is 6. The molecule has 2 aliphatic rings. The number of hydrogen-bond acceptors (Lipinski definition) is 4. The van der Waals surface area contributed by atoms with Crippen LogP contribution in [0.4, 0.5) is 0 Å². The second kappa shape index (κ2) is 8.81. The molecule has 1 aliphatic heterocycles. The van der Waals surface area contributed by atoms with Crippen molar-refractivity contribution in [2.75, 3.05) is 32.9 Å². The third kappa shape index (κ3) is 4.48. The largest absolute Gasteiger partial charge is 0.468 e. The number of nitrogens with one attached hydrogen (secondary N) is 2. The van der Waals surface area contributed by atoms with Crippen molar-refractivity contribution in [2.24, 2.45) is 4.99 Å². The number of aliphatic imine (C=N–C) groups is 1. The molecule has 6 heteroatoms. The van der Waals surface area contributed by atoms with E-state index in [1.165, 1.54) is 32.1 Å². The zero-order chi connectivity index (χ0) is 16.8. The summed E-state index contributed by atoms with van der Waals surface area (Å²) in [5, 5.41) is 7.92. The van der Waals surface area contributed by atoms with Gasteiger partial charge in [0.05, 0.1) is 12.3 Å². The normalized spacial score (nSPS) is 26.7. The minimum absolute atomic E-state index is 0.281. The molecule has 0 bridgehead atoms.